The summed E-state index contributed by atoms with van der Waals surface area (Å²) in [6, 6.07) is 7.40. The second-order valence-corrected chi connectivity index (χ2v) is 7.70. The number of anilines is 1. The van der Waals surface area contributed by atoms with Crippen LogP contribution in [0, 0.1) is 0 Å². The summed E-state index contributed by atoms with van der Waals surface area (Å²) in [5.74, 6) is -0.168. The Kier molecular flexibility index (Phi) is 4.06. The number of nitrogens with two attached hydrogens (primary N) is 1. The fourth-order valence-electron chi connectivity index (χ4n) is 3.42. The summed E-state index contributed by atoms with van der Waals surface area (Å²) in [5.41, 5.74) is 7.73. The largest absolute Gasteiger partial charge is 0.489 e. The molecule has 2 amide bonds. The predicted octanol–water partition coefficient (Wildman–Crippen LogP) is 2.16. The molecule has 1 aliphatic heterocycles. The van der Waals surface area contributed by atoms with Gasteiger partial charge < -0.3 is 15.4 Å². The molecule has 0 aliphatic carbocycles. The van der Waals surface area contributed by atoms with E-state index >= 15 is 0 Å². The normalized spacial score (nSPS) is 13.9. The zero-order valence-corrected chi connectivity index (χ0v) is 16.0. The Balaban J connectivity index is 1.82. The van der Waals surface area contributed by atoms with Crippen LogP contribution in [0.1, 0.15) is 47.2 Å². The van der Waals surface area contributed by atoms with E-state index in [4.69, 9.17) is 10.5 Å². The first-order chi connectivity index (χ1) is 13.3. The lowest BCUT2D eigenvalue weighted by molar-refractivity contribution is 0.0966. The monoisotopic (exact) mass is 379 g/mol. The summed E-state index contributed by atoms with van der Waals surface area (Å²) in [7, 11) is 0. The van der Waals surface area contributed by atoms with Crippen LogP contribution in [0.3, 0.4) is 0 Å². The molecule has 28 heavy (non-hydrogen) atoms. The van der Waals surface area contributed by atoms with Gasteiger partial charge in [0.15, 0.2) is 5.65 Å². The Morgan fingerprint density at radius 2 is 2.00 bits per heavy atom. The van der Waals surface area contributed by atoms with Gasteiger partial charge in [0.2, 0.25) is 0 Å². The highest BCUT2D eigenvalue weighted by Crippen LogP contribution is 2.41. The van der Waals surface area contributed by atoms with Crippen molar-refractivity contribution in [1.82, 2.24) is 14.6 Å². The van der Waals surface area contributed by atoms with Crippen molar-refractivity contribution >= 4 is 23.1 Å². The minimum atomic E-state index is -0.640. The van der Waals surface area contributed by atoms with Crippen molar-refractivity contribution in [3.8, 4) is 5.75 Å². The number of nitrogens with zero attached hydrogens (tertiary/aromatic N) is 4. The Morgan fingerprint density at radius 1 is 1.21 bits per heavy atom. The van der Waals surface area contributed by atoms with Crippen molar-refractivity contribution in [1.29, 1.82) is 0 Å². The van der Waals surface area contributed by atoms with E-state index in [1.54, 1.807) is 11.0 Å². The highest BCUT2D eigenvalue weighted by atomic mass is 16.5. The van der Waals surface area contributed by atoms with Crippen LogP contribution in [0.4, 0.5) is 5.69 Å². The van der Waals surface area contributed by atoms with Crippen LogP contribution in [0.15, 0.2) is 36.7 Å². The SMILES string of the molecule is CC(C)(C)c1cccc2c1OCCN2C(=O)c1ccnc2c(C(N)=O)cnn12. The van der Waals surface area contributed by atoms with Gasteiger partial charge in [-0.15, -0.1) is 0 Å². The lowest BCUT2D eigenvalue weighted by Gasteiger charge is -2.33. The third kappa shape index (κ3) is 2.77. The standard InChI is InChI=1S/C20H21N5O3/c1-20(2,3)13-5-4-6-14-16(13)28-10-9-24(14)19(27)15-7-8-22-18-12(17(21)26)11-23-25(15)18/h4-8,11H,9-10H2,1-3H3,(H2,21,26). The quantitative estimate of drug-likeness (QED) is 0.735. The molecule has 0 unspecified atom stereocenters. The summed E-state index contributed by atoms with van der Waals surface area (Å²) in [5, 5.41) is 4.14. The smallest absolute Gasteiger partial charge is 0.277 e. The maximum absolute atomic E-state index is 13.4. The van der Waals surface area contributed by atoms with E-state index in [1.807, 2.05) is 18.2 Å². The first-order valence-corrected chi connectivity index (χ1v) is 9.00. The van der Waals surface area contributed by atoms with E-state index in [2.05, 4.69) is 30.9 Å². The molecule has 0 bridgehead atoms. The van der Waals surface area contributed by atoms with Crippen LogP contribution in [-0.4, -0.2) is 39.6 Å². The second-order valence-electron chi connectivity index (χ2n) is 7.70. The molecule has 3 heterocycles. The Labute approximate surface area is 161 Å². The second kappa shape index (κ2) is 6.33. The lowest BCUT2D eigenvalue weighted by Crippen LogP contribution is -2.39. The molecule has 1 aliphatic rings. The Hall–Kier alpha value is -3.42. The topological polar surface area (TPSA) is 103 Å². The van der Waals surface area contributed by atoms with Gasteiger partial charge in [-0.3, -0.25) is 9.59 Å². The van der Waals surface area contributed by atoms with Gasteiger partial charge in [-0.2, -0.15) is 5.10 Å². The molecule has 0 radical (unpaired) electrons. The molecular weight excluding hydrogens is 358 g/mol. The average molecular weight is 379 g/mol. The maximum atomic E-state index is 13.4. The average Bonchev–Trinajstić information content (AvgIpc) is 3.10. The summed E-state index contributed by atoms with van der Waals surface area (Å²) < 4.78 is 7.28. The predicted molar refractivity (Wildman–Crippen MR) is 104 cm³/mol. The van der Waals surface area contributed by atoms with Crippen molar-refractivity contribution in [2.45, 2.75) is 26.2 Å². The van der Waals surface area contributed by atoms with Gasteiger partial charge in [0.1, 0.15) is 23.6 Å². The van der Waals surface area contributed by atoms with Crippen LogP contribution in [0.5, 0.6) is 5.75 Å². The van der Waals surface area contributed by atoms with Crippen molar-refractivity contribution in [3.05, 3.63) is 53.5 Å². The van der Waals surface area contributed by atoms with E-state index in [1.165, 1.54) is 16.9 Å². The minimum absolute atomic E-state index is 0.125. The number of primary amides is 1. The van der Waals surface area contributed by atoms with E-state index in [0.29, 0.717) is 18.8 Å². The number of fused-ring (bicyclic) bond motifs is 2. The van der Waals surface area contributed by atoms with E-state index < -0.39 is 5.91 Å². The fraction of sp³-hybridized carbons (Fsp3) is 0.300. The van der Waals surface area contributed by atoms with E-state index in [9.17, 15) is 9.59 Å². The number of para-hydroxylation sites is 1. The zero-order valence-electron chi connectivity index (χ0n) is 16.0. The van der Waals surface area contributed by atoms with Crippen molar-refractivity contribution in [2.75, 3.05) is 18.1 Å². The molecule has 144 valence electrons. The fourth-order valence-corrected chi connectivity index (χ4v) is 3.42. The number of carbonyl (C=O) groups excluding carboxylic acids is 2. The van der Waals surface area contributed by atoms with Gasteiger partial charge in [-0.05, 0) is 17.5 Å². The first kappa shape index (κ1) is 18.0. The number of amides is 2. The lowest BCUT2D eigenvalue weighted by atomic mass is 9.85. The zero-order chi connectivity index (χ0) is 20.1. The van der Waals surface area contributed by atoms with Gasteiger partial charge in [0.25, 0.3) is 11.8 Å². The highest BCUT2D eigenvalue weighted by molar-refractivity contribution is 6.07. The summed E-state index contributed by atoms with van der Waals surface area (Å²) in [6.45, 7) is 7.12. The molecule has 2 N–H and O–H groups in total. The van der Waals surface area contributed by atoms with Crippen LogP contribution < -0.4 is 15.4 Å². The van der Waals surface area contributed by atoms with E-state index in [-0.39, 0.29) is 22.5 Å². The van der Waals surface area contributed by atoms with Crippen molar-refractivity contribution < 1.29 is 14.3 Å². The van der Waals surface area contributed by atoms with Crippen molar-refractivity contribution in [3.63, 3.8) is 0 Å². The molecule has 0 saturated carbocycles. The number of rotatable bonds is 2. The maximum Gasteiger partial charge on any atom is 0.277 e. The van der Waals surface area contributed by atoms with Gasteiger partial charge in [0, 0.05) is 11.8 Å². The van der Waals surface area contributed by atoms with Gasteiger partial charge >= 0.3 is 0 Å². The Morgan fingerprint density at radius 3 is 2.71 bits per heavy atom. The molecule has 1 aromatic carbocycles. The van der Waals surface area contributed by atoms with Crippen LogP contribution in [0.2, 0.25) is 0 Å². The number of ether oxygens (including phenoxy) is 1. The minimum Gasteiger partial charge on any atom is -0.489 e. The summed E-state index contributed by atoms with van der Waals surface area (Å²) in [6.07, 6.45) is 2.80. The molecule has 2 aromatic heterocycles. The molecule has 8 heteroatoms. The van der Waals surface area contributed by atoms with Crippen LogP contribution in [-0.2, 0) is 5.41 Å². The number of benzene rings is 1. The summed E-state index contributed by atoms with van der Waals surface area (Å²) in [4.78, 5) is 30.8. The first-order valence-electron chi connectivity index (χ1n) is 9.00. The van der Waals surface area contributed by atoms with Crippen molar-refractivity contribution in [2.24, 2.45) is 5.73 Å². The van der Waals surface area contributed by atoms with Gasteiger partial charge in [-0.25, -0.2) is 9.50 Å². The molecule has 0 fully saturated rings. The molecule has 0 atom stereocenters. The van der Waals surface area contributed by atoms with Gasteiger partial charge in [-0.1, -0.05) is 32.9 Å². The molecule has 8 nitrogen and oxygen atoms in total. The molecular formula is C20H21N5O3. The van der Waals surface area contributed by atoms with Gasteiger partial charge in [0.05, 0.1) is 18.4 Å². The Bertz CT molecular complexity index is 1100. The number of carbonyl (C=O) groups is 2. The third-order valence-electron chi connectivity index (χ3n) is 4.79. The third-order valence-corrected chi connectivity index (χ3v) is 4.79. The number of aromatic nitrogens is 3. The van der Waals surface area contributed by atoms with Crippen LogP contribution in [0.25, 0.3) is 5.65 Å². The molecule has 0 saturated heterocycles. The van der Waals surface area contributed by atoms with E-state index in [0.717, 1.165) is 17.0 Å². The number of hydrogen-bond acceptors (Lipinski definition) is 5. The summed E-state index contributed by atoms with van der Waals surface area (Å²) >= 11 is 0. The highest BCUT2D eigenvalue weighted by Gasteiger charge is 2.31. The molecule has 3 aromatic rings. The van der Waals surface area contributed by atoms with Crippen LogP contribution >= 0.6 is 0 Å². The molecule has 4 rings (SSSR count). The molecule has 0 spiro atoms. The number of hydrogen-bond donors (Lipinski definition) is 1.